The van der Waals surface area contributed by atoms with Crippen LogP contribution in [0.15, 0.2) is 94.3 Å². The van der Waals surface area contributed by atoms with Gasteiger partial charge in [-0.25, -0.2) is 0 Å². The van der Waals surface area contributed by atoms with Crippen molar-refractivity contribution >= 4 is 11.8 Å². The number of fused-ring (bicyclic) bond motifs is 3. The molecule has 2 N–H and O–H groups in total. The Morgan fingerprint density at radius 3 is 2.22 bits per heavy atom. The molecule has 0 saturated carbocycles. The van der Waals surface area contributed by atoms with Crippen molar-refractivity contribution in [2.45, 2.75) is 35.1 Å². The van der Waals surface area contributed by atoms with E-state index >= 15 is 0 Å². The van der Waals surface area contributed by atoms with Crippen LogP contribution in [0.5, 0.6) is 5.75 Å². The SMILES string of the molecule is Oc1cccc(S[C@H]2C[N+]3(Cc4nc(C(O)(c5ccccc5)c5ccccc5)no4)CCC2CC3)c1. The van der Waals surface area contributed by atoms with Crippen molar-refractivity contribution in [1.82, 2.24) is 10.1 Å². The van der Waals surface area contributed by atoms with E-state index in [0.717, 1.165) is 29.0 Å². The molecule has 3 aliphatic rings. The van der Waals surface area contributed by atoms with Crippen molar-refractivity contribution in [2.75, 3.05) is 19.6 Å². The Kier molecular flexibility index (Phi) is 6.07. The second-order valence-electron chi connectivity index (χ2n) is 10.1. The number of nitrogens with zero attached hydrogens (tertiary/aromatic N) is 3. The molecule has 0 spiro atoms. The molecule has 36 heavy (non-hydrogen) atoms. The first-order valence-corrected chi connectivity index (χ1v) is 13.4. The van der Waals surface area contributed by atoms with Crippen LogP contribution in [0.1, 0.15) is 35.7 Å². The summed E-state index contributed by atoms with van der Waals surface area (Å²) in [5, 5.41) is 26.7. The van der Waals surface area contributed by atoms with E-state index in [1.807, 2.05) is 84.6 Å². The number of aliphatic hydroxyl groups is 1. The largest absolute Gasteiger partial charge is 0.508 e. The maximum Gasteiger partial charge on any atom is 0.282 e. The van der Waals surface area contributed by atoms with Crippen LogP contribution >= 0.6 is 11.8 Å². The second kappa shape index (κ2) is 9.39. The number of benzene rings is 3. The van der Waals surface area contributed by atoms with Gasteiger partial charge < -0.3 is 19.2 Å². The molecule has 7 rings (SSSR count). The highest BCUT2D eigenvalue weighted by Crippen LogP contribution is 2.43. The van der Waals surface area contributed by atoms with Crippen molar-refractivity contribution in [3.05, 3.63) is 108 Å². The molecule has 1 aromatic heterocycles. The number of phenolic OH excluding ortho intramolecular Hbond substituents is 1. The molecule has 4 heterocycles. The van der Waals surface area contributed by atoms with E-state index in [9.17, 15) is 10.2 Å². The quantitative estimate of drug-likeness (QED) is 0.349. The summed E-state index contributed by atoms with van der Waals surface area (Å²) in [6.07, 6.45) is 2.35. The summed E-state index contributed by atoms with van der Waals surface area (Å²) in [6, 6.07) is 26.6. The minimum atomic E-state index is -1.49. The highest BCUT2D eigenvalue weighted by Gasteiger charge is 2.47. The molecule has 184 valence electrons. The van der Waals surface area contributed by atoms with E-state index in [0.29, 0.717) is 40.5 Å². The lowest BCUT2D eigenvalue weighted by atomic mass is 9.85. The van der Waals surface area contributed by atoms with E-state index in [1.165, 1.54) is 12.8 Å². The fourth-order valence-corrected chi connectivity index (χ4v) is 7.40. The zero-order valence-electron chi connectivity index (χ0n) is 20.0. The summed E-state index contributed by atoms with van der Waals surface area (Å²) in [6.45, 7) is 3.89. The first-order valence-electron chi connectivity index (χ1n) is 12.5. The van der Waals surface area contributed by atoms with Crippen LogP contribution < -0.4 is 0 Å². The minimum Gasteiger partial charge on any atom is -0.508 e. The average molecular weight is 501 g/mol. The van der Waals surface area contributed by atoms with Gasteiger partial charge in [0.05, 0.1) is 24.9 Å². The Balaban J connectivity index is 1.26. The maximum atomic E-state index is 12.0. The third-order valence-corrected chi connectivity index (χ3v) is 9.15. The summed E-state index contributed by atoms with van der Waals surface area (Å²) < 4.78 is 6.71. The molecule has 3 aromatic carbocycles. The fourth-order valence-electron chi connectivity index (χ4n) is 5.84. The Bertz CT molecular complexity index is 1280. The maximum absolute atomic E-state index is 12.0. The number of rotatable bonds is 7. The van der Waals surface area contributed by atoms with Gasteiger partial charge in [0.15, 0.2) is 12.1 Å². The van der Waals surface area contributed by atoms with Gasteiger partial charge >= 0.3 is 0 Å². The third kappa shape index (κ3) is 4.32. The highest BCUT2D eigenvalue weighted by atomic mass is 32.2. The number of piperidine rings is 3. The molecule has 0 amide bonds. The van der Waals surface area contributed by atoms with E-state index in [-0.39, 0.29) is 5.82 Å². The van der Waals surface area contributed by atoms with Crippen molar-refractivity contribution in [3.63, 3.8) is 0 Å². The Hall–Kier alpha value is -3.13. The first-order chi connectivity index (χ1) is 17.5. The highest BCUT2D eigenvalue weighted by molar-refractivity contribution is 8.00. The number of hydrogen-bond acceptors (Lipinski definition) is 6. The Morgan fingerprint density at radius 2 is 1.58 bits per heavy atom. The van der Waals surface area contributed by atoms with Gasteiger partial charge in [0.25, 0.3) is 5.89 Å². The summed E-state index contributed by atoms with van der Waals surface area (Å²) >= 11 is 1.87. The van der Waals surface area contributed by atoms with Crippen LogP contribution in [-0.2, 0) is 12.1 Å². The van der Waals surface area contributed by atoms with Crippen molar-refractivity contribution in [2.24, 2.45) is 5.92 Å². The number of aromatic nitrogens is 2. The van der Waals surface area contributed by atoms with Crippen LogP contribution in [0, 0.1) is 5.92 Å². The van der Waals surface area contributed by atoms with Gasteiger partial charge in [-0.05, 0) is 35.2 Å². The number of phenols is 1. The zero-order valence-corrected chi connectivity index (χ0v) is 20.8. The predicted molar refractivity (Wildman–Crippen MR) is 138 cm³/mol. The van der Waals surface area contributed by atoms with Gasteiger partial charge in [-0.15, -0.1) is 11.8 Å². The lowest BCUT2D eigenvalue weighted by Gasteiger charge is -2.51. The van der Waals surface area contributed by atoms with Crippen LogP contribution in [0.3, 0.4) is 0 Å². The average Bonchev–Trinajstić information content (AvgIpc) is 3.38. The molecule has 3 fully saturated rings. The molecule has 6 nitrogen and oxygen atoms in total. The van der Waals surface area contributed by atoms with Crippen LogP contribution in [0.25, 0.3) is 0 Å². The monoisotopic (exact) mass is 500 g/mol. The number of quaternary nitrogens is 1. The minimum absolute atomic E-state index is 0.269. The third-order valence-electron chi connectivity index (χ3n) is 7.79. The van der Waals surface area contributed by atoms with Crippen molar-refractivity contribution < 1.29 is 19.2 Å². The molecule has 3 saturated heterocycles. The van der Waals surface area contributed by atoms with Gasteiger partial charge in [-0.2, -0.15) is 4.98 Å². The molecular weight excluding hydrogens is 470 g/mol. The van der Waals surface area contributed by atoms with Gasteiger partial charge in [0.1, 0.15) is 5.75 Å². The van der Waals surface area contributed by atoms with E-state index < -0.39 is 5.60 Å². The summed E-state index contributed by atoms with van der Waals surface area (Å²) in [5.41, 5.74) is -0.0822. The van der Waals surface area contributed by atoms with Crippen molar-refractivity contribution in [3.8, 4) is 5.75 Å². The fraction of sp³-hybridized carbons (Fsp3) is 0.310. The lowest BCUT2D eigenvalue weighted by Crippen LogP contribution is -2.62. The molecule has 3 aliphatic heterocycles. The summed E-state index contributed by atoms with van der Waals surface area (Å²) in [4.78, 5) is 5.89. The molecule has 1 atom stereocenters. The van der Waals surface area contributed by atoms with Gasteiger partial charge in [0, 0.05) is 17.7 Å². The van der Waals surface area contributed by atoms with Crippen LogP contribution in [-0.4, -0.2) is 49.7 Å². The Labute approximate surface area is 215 Å². The Morgan fingerprint density at radius 1 is 0.917 bits per heavy atom. The first kappa shape index (κ1) is 23.3. The number of aromatic hydroxyl groups is 1. The van der Waals surface area contributed by atoms with Crippen LogP contribution in [0.4, 0.5) is 0 Å². The van der Waals surface area contributed by atoms with E-state index in [2.05, 4.69) is 11.2 Å². The van der Waals surface area contributed by atoms with Gasteiger partial charge in [-0.3, -0.25) is 0 Å². The number of hydrogen-bond donors (Lipinski definition) is 2. The van der Waals surface area contributed by atoms with Gasteiger partial charge in [-0.1, -0.05) is 71.9 Å². The molecule has 0 unspecified atom stereocenters. The standard InChI is InChI=1S/C29H29N3O3S/c33-24-12-7-13-25(18-24)36-26-19-32(16-14-21(26)15-17-32)20-27-30-28(31-35-27)29(34,22-8-3-1-4-9-22)23-10-5-2-6-11-23/h1-13,18,21,26,34H,14-17,19-20H2/p+1/t21?,26-,32?/m0/s1. The molecule has 4 aromatic rings. The number of thioether (sulfide) groups is 1. The summed E-state index contributed by atoms with van der Waals surface area (Å²) in [5.74, 6) is 1.84. The normalized spacial score (nSPS) is 23.6. The summed E-state index contributed by atoms with van der Waals surface area (Å²) in [7, 11) is 0. The topological polar surface area (TPSA) is 79.4 Å². The second-order valence-corrected chi connectivity index (χ2v) is 11.4. The van der Waals surface area contributed by atoms with E-state index in [1.54, 1.807) is 6.07 Å². The lowest BCUT2D eigenvalue weighted by molar-refractivity contribution is -0.955. The molecule has 0 radical (unpaired) electrons. The molecule has 2 bridgehead atoms. The van der Waals surface area contributed by atoms with E-state index in [4.69, 9.17) is 9.51 Å². The van der Waals surface area contributed by atoms with Crippen LogP contribution in [0.2, 0.25) is 0 Å². The zero-order chi connectivity index (χ0) is 24.6. The molecule has 7 heteroatoms. The van der Waals surface area contributed by atoms with Crippen molar-refractivity contribution in [1.29, 1.82) is 0 Å². The smallest absolute Gasteiger partial charge is 0.282 e. The molecule has 0 aliphatic carbocycles. The predicted octanol–water partition coefficient (Wildman–Crippen LogP) is 4.96. The molecular formula is C29H30N3O3S+. The van der Waals surface area contributed by atoms with Gasteiger partial charge in [0.2, 0.25) is 5.82 Å².